The molecule has 2 N–H and O–H groups in total. The molecule has 0 spiro atoms. The molecule has 5 heteroatoms. The van der Waals surface area contributed by atoms with Crippen LogP contribution in [0, 0.1) is 0 Å². The Morgan fingerprint density at radius 1 is 1.17 bits per heavy atom. The highest BCUT2D eigenvalue weighted by molar-refractivity contribution is 6.21. The topological polar surface area (TPSA) is 76.0 Å². The van der Waals surface area contributed by atoms with Crippen LogP contribution in [-0.2, 0) is 4.79 Å². The van der Waals surface area contributed by atoms with Crippen LogP contribution >= 0.6 is 0 Å². The molecule has 0 aliphatic carbocycles. The number of benzene rings is 2. The molecule has 120 valence electrons. The molecule has 5 nitrogen and oxygen atoms in total. The number of hydrogen-bond donors (Lipinski definition) is 2. The van der Waals surface area contributed by atoms with Crippen molar-refractivity contribution in [2.24, 2.45) is 0 Å². The largest absolute Gasteiger partial charge is 0.504 e. The van der Waals surface area contributed by atoms with Crippen molar-refractivity contribution in [3.8, 4) is 17.2 Å². The number of para-hydroxylation sites is 1. The molecule has 0 saturated heterocycles. The minimum Gasteiger partial charge on any atom is -0.504 e. The van der Waals surface area contributed by atoms with Gasteiger partial charge in [0, 0.05) is 5.56 Å². The predicted octanol–water partition coefficient (Wildman–Crippen LogP) is 3.42. The van der Waals surface area contributed by atoms with Gasteiger partial charge in [0.25, 0.3) is 0 Å². The molecule has 0 amide bonds. The van der Waals surface area contributed by atoms with Gasteiger partial charge in [-0.05, 0) is 36.8 Å². The van der Waals surface area contributed by atoms with Gasteiger partial charge in [-0.25, -0.2) is 4.79 Å². The van der Waals surface area contributed by atoms with Gasteiger partial charge in [0.2, 0.25) is 0 Å². The Labute approximate surface area is 134 Å². The van der Waals surface area contributed by atoms with Crippen LogP contribution in [0.5, 0.6) is 17.2 Å². The van der Waals surface area contributed by atoms with E-state index in [1.165, 1.54) is 19.3 Å². The fourth-order valence-corrected chi connectivity index (χ4v) is 2.18. The second-order valence-electron chi connectivity index (χ2n) is 4.72. The summed E-state index contributed by atoms with van der Waals surface area (Å²) in [4.78, 5) is 11.6. The summed E-state index contributed by atoms with van der Waals surface area (Å²) in [5, 5.41) is 19.3. The van der Waals surface area contributed by atoms with Crippen LogP contribution in [0.25, 0.3) is 11.6 Å². The summed E-state index contributed by atoms with van der Waals surface area (Å²) >= 11 is 0. The Balaban J connectivity index is 2.52. The molecule has 0 fully saturated rings. The van der Waals surface area contributed by atoms with Gasteiger partial charge in [0.15, 0.2) is 11.5 Å². The van der Waals surface area contributed by atoms with Crippen LogP contribution in [0.3, 0.4) is 0 Å². The van der Waals surface area contributed by atoms with Gasteiger partial charge in [-0.3, -0.25) is 0 Å². The molecular weight excluding hydrogens is 296 g/mol. The van der Waals surface area contributed by atoms with E-state index in [1.807, 2.05) is 0 Å². The normalized spacial score (nSPS) is 11.1. The minimum atomic E-state index is -1.07. The molecule has 0 radical (unpaired) electrons. The number of carbonyl (C=O) groups is 1. The van der Waals surface area contributed by atoms with E-state index < -0.39 is 5.97 Å². The standard InChI is InChI=1S/C18H18O5/c1-3-23-17-11-12(8-9-15(17)19)10-14(18(20)21)13-6-4-5-7-16(13)22-2/h4-11,19H,3H2,1-2H3,(H,20,21)/b14-10-. The summed E-state index contributed by atoms with van der Waals surface area (Å²) in [5.41, 5.74) is 1.18. The van der Waals surface area contributed by atoms with E-state index in [9.17, 15) is 15.0 Å². The number of carboxylic acids is 1. The van der Waals surface area contributed by atoms with E-state index in [1.54, 1.807) is 43.3 Å². The highest BCUT2D eigenvalue weighted by Crippen LogP contribution is 2.31. The van der Waals surface area contributed by atoms with Gasteiger partial charge in [-0.2, -0.15) is 0 Å². The predicted molar refractivity (Wildman–Crippen MR) is 87.8 cm³/mol. The number of phenols is 1. The molecule has 0 unspecified atom stereocenters. The first kappa shape index (κ1) is 16.4. The third-order valence-corrected chi connectivity index (χ3v) is 3.22. The highest BCUT2D eigenvalue weighted by Gasteiger charge is 2.15. The monoisotopic (exact) mass is 314 g/mol. The fraction of sp³-hybridized carbons (Fsp3) is 0.167. The molecule has 2 aromatic rings. The maximum atomic E-state index is 11.6. The first-order chi connectivity index (χ1) is 11.1. The average molecular weight is 314 g/mol. The van der Waals surface area contributed by atoms with Crippen molar-refractivity contribution in [1.82, 2.24) is 0 Å². The van der Waals surface area contributed by atoms with Crippen molar-refractivity contribution in [3.05, 3.63) is 53.6 Å². The third-order valence-electron chi connectivity index (χ3n) is 3.22. The van der Waals surface area contributed by atoms with Crippen molar-refractivity contribution in [1.29, 1.82) is 0 Å². The van der Waals surface area contributed by atoms with E-state index in [2.05, 4.69) is 0 Å². The maximum Gasteiger partial charge on any atom is 0.336 e. The lowest BCUT2D eigenvalue weighted by Gasteiger charge is -2.10. The first-order valence-electron chi connectivity index (χ1n) is 7.11. The van der Waals surface area contributed by atoms with Gasteiger partial charge in [0.1, 0.15) is 5.75 Å². The zero-order valence-corrected chi connectivity index (χ0v) is 12.9. The molecule has 0 aliphatic rings. The lowest BCUT2D eigenvalue weighted by molar-refractivity contribution is -0.130. The molecule has 0 saturated carbocycles. The van der Waals surface area contributed by atoms with Gasteiger partial charge in [-0.1, -0.05) is 24.3 Å². The lowest BCUT2D eigenvalue weighted by Crippen LogP contribution is -2.02. The molecule has 0 aromatic heterocycles. The van der Waals surface area contributed by atoms with Crippen molar-refractivity contribution in [3.63, 3.8) is 0 Å². The Morgan fingerprint density at radius 3 is 2.57 bits per heavy atom. The first-order valence-corrected chi connectivity index (χ1v) is 7.11. The average Bonchev–Trinajstić information content (AvgIpc) is 2.55. The summed E-state index contributed by atoms with van der Waals surface area (Å²) in [5.74, 6) is -0.269. The van der Waals surface area contributed by atoms with E-state index in [0.29, 0.717) is 29.2 Å². The van der Waals surface area contributed by atoms with Crippen LogP contribution in [0.4, 0.5) is 0 Å². The Bertz CT molecular complexity index is 734. The van der Waals surface area contributed by atoms with Gasteiger partial charge in [-0.15, -0.1) is 0 Å². The number of phenolic OH excluding ortho intramolecular Hbond substituents is 1. The summed E-state index contributed by atoms with van der Waals surface area (Å²) in [6, 6.07) is 11.6. The van der Waals surface area contributed by atoms with Crippen molar-refractivity contribution < 1.29 is 24.5 Å². The second-order valence-corrected chi connectivity index (χ2v) is 4.72. The molecular formula is C18H18O5. The highest BCUT2D eigenvalue weighted by atomic mass is 16.5. The summed E-state index contributed by atoms with van der Waals surface area (Å²) < 4.78 is 10.5. The Morgan fingerprint density at radius 2 is 1.91 bits per heavy atom. The van der Waals surface area contributed by atoms with Gasteiger partial charge in [0.05, 0.1) is 19.3 Å². The van der Waals surface area contributed by atoms with E-state index in [4.69, 9.17) is 9.47 Å². The molecule has 0 atom stereocenters. The van der Waals surface area contributed by atoms with Crippen molar-refractivity contribution >= 4 is 17.6 Å². The third kappa shape index (κ3) is 3.83. The molecule has 23 heavy (non-hydrogen) atoms. The molecule has 0 bridgehead atoms. The minimum absolute atomic E-state index is 0.0122. The summed E-state index contributed by atoms with van der Waals surface area (Å²) in [7, 11) is 1.49. The van der Waals surface area contributed by atoms with E-state index >= 15 is 0 Å². The number of methoxy groups -OCH3 is 1. The number of aliphatic carboxylic acids is 1. The fourth-order valence-electron chi connectivity index (χ4n) is 2.18. The van der Waals surface area contributed by atoms with Crippen molar-refractivity contribution in [2.45, 2.75) is 6.92 Å². The molecule has 0 heterocycles. The molecule has 0 aliphatic heterocycles. The number of ether oxygens (including phenoxy) is 2. The van der Waals surface area contributed by atoms with E-state index in [0.717, 1.165) is 0 Å². The van der Waals surface area contributed by atoms with Crippen molar-refractivity contribution in [2.75, 3.05) is 13.7 Å². The molecule has 2 rings (SSSR count). The summed E-state index contributed by atoms with van der Waals surface area (Å²) in [6.45, 7) is 2.21. The zero-order chi connectivity index (χ0) is 16.8. The zero-order valence-electron chi connectivity index (χ0n) is 12.9. The van der Waals surface area contributed by atoms with Gasteiger partial charge >= 0.3 is 5.97 Å². The quantitative estimate of drug-likeness (QED) is 0.631. The van der Waals surface area contributed by atoms with Crippen LogP contribution in [0.1, 0.15) is 18.1 Å². The number of rotatable bonds is 6. The van der Waals surface area contributed by atoms with E-state index in [-0.39, 0.29) is 11.3 Å². The molecule has 2 aromatic carbocycles. The summed E-state index contributed by atoms with van der Waals surface area (Å²) in [6.07, 6.45) is 1.52. The Hall–Kier alpha value is -2.95. The van der Waals surface area contributed by atoms with Crippen LogP contribution in [0.2, 0.25) is 0 Å². The van der Waals surface area contributed by atoms with Gasteiger partial charge < -0.3 is 19.7 Å². The van der Waals surface area contributed by atoms with Crippen LogP contribution in [-0.4, -0.2) is 29.9 Å². The SMILES string of the molecule is CCOc1cc(/C=C(\C(=O)O)c2ccccc2OC)ccc1O. The second kappa shape index (κ2) is 7.35. The number of hydrogen-bond acceptors (Lipinski definition) is 4. The van der Waals surface area contributed by atoms with Crippen LogP contribution in [0.15, 0.2) is 42.5 Å². The lowest BCUT2D eigenvalue weighted by atomic mass is 10.0. The van der Waals surface area contributed by atoms with Crippen LogP contribution < -0.4 is 9.47 Å². The number of carboxylic acid groups (broad SMARTS) is 1. The maximum absolute atomic E-state index is 11.6. The Kier molecular flexibility index (Phi) is 5.25. The number of aromatic hydroxyl groups is 1. The smallest absolute Gasteiger partial charge is 0.336 e.